The van der Waals surface area contributed by atoms with Gasteiger partial charge >= 0.3 is 0 Å². The average molecular weight is 288 g/mol. The van der Waals surface area contributed by atoms with Gasteiger partial charge in [-0.15, -0.1) is 0 Å². The number of benzene rings is 1. The third-order valence-electron chi connectivity index (χ3n) is 4.52. The summed E-state index contributed by atoms with van der Waals surface area (Å²) < 4.78 is 2.23. The van der Waals surface area contributed by atoms with E-state index in [-0.39, 0.29) is 0 Å². The quantitative estimate of drug-likeness (QED) is 0.917. The summed E-state index contributed by atoms with van der Waals surface area (Å²) in [7, 11) is 2.14. The monoisotopic (exact) mass is 288 g/mol. The van der Waals surface area contributed by atoms with Crippen LogP contribution < -0.4 is 5.32 Å². The smallest absolute Gasteiger partial charge is 0.0481 e. The number of nitrogens with one attached hydrogen (secondary N) is 1. The van der Waals surface area contributed by atoms with Crippen LogP contribution in [0.25, 0.3) is 10.9 Å². The Bertz CT molecular complexity index is 575. The van der Waals surface area contributed by atoms with Crippen LogP contribution in [0.3, 0.4) is 0 Å². The van der Waals surface area contributed by atoms with E-state index in [4.69, 9.17) is 0 Å². The fourth-order valence-electron chi connectivity index (χ4n) is 3.37. The number of thioether (sulfide) groups is 1. The number of hydrogen-bond acceptors (Lipinski definition) is 2. The summed E-state index contributed by atoms with van der Waals surface area (Å²) in [5, 5.41) is 6.02. The van der Waals surface area contributed by atoms with Crippen LogP contribution in [0.2, 0.25) is 0 Å². The highest BCUT2D eigenvalue weighted by molar-refractivity contribution is 7.99. The van der Waals surface area contributed by atoms with Crippen molar-refractivity contribution < 1.29 is 0 Å². The van der Waals surface area contributed by atoms with E-state index in [9.17, 15) is 0 Å². The summed E-state index contributed by atoms with van der Waals surface area (Å²) in [6.45, 7) is 0.993. The van der Waals surface area contributed by atoms with Crippen LogP contribution in [0.15, 0.2) is 30.5 Å². The number of nitrogens with zero attached hydrogens (tertiary/aromatic N) is 1. The molecule has 0 bridgehead atoms. The topological polar surface area (TPSA) is 17.0 Å². The van der Waals surface area contributed by atoms with Gasteiger partial charge in [-0.1, -0.05) is 24.6 Å². The largest absolute Gasteiger partial charge is 0.350 e. The highest BCUT2D eigenvalue weighted by Gasteiger charge is 2.21. The lowest BCUT2D eigenvalue weighted by Gasteiger charge is -2.28. The molecular weight excluding hydrogens is 264 g/mol. The van der Waals surface area contributed by atoms with Crippen molar-refractivity contribution in [2.75, 3.05) is 6.26 Å². The van der Waals surface area contributed by atoms with Gasteiger partial charge in [0, 0.05) is 42.0 Å². The third-order valence-corrected chi connectivity index (χ3v) is 5.61. The zero-order valence-electron chi connectivity index (χ0n) is 12.4. The Labute approximate surface area is 125 Å². The zero-order valence-corrected chi connectivity index (χ0v) is 13.2. The summed E-state index contributed by atoms with van der Waals surface area (Å²) in [6.07, 6.45) is 9.95. The number of rotatable bonds is 4. The summed E-state index contributed by atoms with van der Waals surface area (Å²) in [6, 6.07) is 9.38. The Morgan fingerprint density at radius 1 is 1.30 bits per heavy atom. The van der Waals surface area contributed by atoms with E-state index < -0.39 is 0 Å². The molecule has 0 spiro atoms. The predicted octanol–water partition coefficient (Wildman–Crippen LogP) is 3.94. The lowest BCUT2D eigenvalue weighted by Crippen LogP contribution is -2.34. The molecule has 1 aliphatic rings. The van der Waals surface area contributed by atoms with Crippen LogP contribution in [0.5, 0.6) is 0 Å². The highest BCUT2D eigenvalue weighted by atomic mass is 32.2. The van der Waals surface area contributed by atoms with Crippen molar-refractivity contribution in [3.63, 3.8) is 0 Å². The molecule has 108 valence electrons. The molecule has 2 atom stereocenters. The van der Waals surface area contributed by atoms with E-state index in [0.717, 1.165) is 11.8 Å². The third kappa shape index (κ3) is 2.89. The van der Waals surface area contributed by atoms with Gasteiger partial charge < -0.3 is 9.88 Å². The highest BCUT2D eigenvalue weighted by Crippen LogP contribution is 2.27. The second-order valence-corrected chi connectivity index (χ2v) is 7.02. The molecule has 0 radical (unpaired) electrons. The van der Waals surface area contributed by atoms with Crippen LogP contribution in [-0.4, -0.2) is 22.1 Å². The van der Waals surface area contributed by atoms with E-state index in [1.165, 1.54) is 42.1 Å². The summed E-state index contributed by atoms with van der Waals surface area (Å²) in [5.41, 5.74) is 2.75. The van der Waals surface area contributed by atoms with Crippen LogP contribution in [-0.2, 0) is 13.6 Å². The molecule has 1 aliphatic carbocycles. The van der Waals surface area contributed by atoms with Gasteiger partial charge in [0.25, 0.3) is 0 Å². The number of fused-ring (bicyclic) bond motifs is 1. The van der Waals surface area contributed by atoms with E-state index in [0.29, 0.717) is 6.04 Å². The van der Waals surface area contributed by atoms with E-state index in [1.54, 1.807) is 0 Å². The number of aryl methyl sites for hydroxylation is 1. The Kier molecular flexibility index (Phi) is 4.37. The number of para-hydroxylation sites is 1. The lowest BCUT2D eigenvalue weighted by molar-refractivity contribution is 0.380. The van der Waals surface area contributed by atoms with Crippen LogP contribution in [0, 0.1) is 0 Å². The Morgan fingerprint density at radius 3 is 3.00 bits per heavy atom. The van der Waals surface area contributed by atoms with Gasteiger partial charge in [0.2, 0.25) is 0 Å². The molecule has 0 amide bonds. The molecular formula is C17H24N2S. The minimum Gasteiger partial charge on any atom is -0.350 e. The average Bonchev–Trinajstić information content (AvgIpc) is 2.82. The predicted molar refractivity (Wildman–Crippen MR) is 89.3 cm³/mol. The summed E-state index contributed by atoms with van der Waals surface area (Å²) >= 11 is 2.03. The molecule has 0 aliphatic heterocycles. The van der Waals surface area contributed by atoms with Crippen molar-refractivity contribution in [1.29, 1.82) is 0 Å². The molecule has 1 fully saturated rings. The summed E-state index contributed by atoms with van der Waals surface area (Å²) in [5.74, 6) is 0. The van der Waals surface area contributed by atoms with Crippen molar-refractivity contribution in [3.8, 4) is 0 Å². The molecule has 1 saturated carbocycles. The normalized spacial score (nSPS) is 23.3. The van der Waals surface area contributed by atoms with Gasteiger partial charge in [-0.25, -0.2) is 0 Å². The van der Waals surface area contributed by atoms with Crippen molar-refractivity contribution in [2.45, 2.75) is 43.5 Å². The molecule has 20 heavy (non-hydrogen) atoms. The first-order valence-electron chi connectivity index (χ1n) is 7.57. The number of hydrogen-bond donors (Lipinski definition) is 1. The van der Waals surface area contributed by atoms with E-state index >= 15 is 0 Å². The van der Waals surface area contributed by atoms with E-state index in [2.05, 4.69) is 53.6 Å². The maximum absolute atomic E-state index is 3.78. The molecule has 0 saturated heterocycles. The first-order chi connectivity index (χ1) is 9.78. The minimum atomic E-state index is 0.695. The standard InChI is InChI=1S/C17H24N2S/c1-19-12-13(16-8-3-4-9-17(16)19)11-18-14-6-5-7-15(10-14)20-2/h3-4,8-9,12,14-15,18H,5-7,10-11H2,1-2H3. The van der Waals surface area contributed by atoms with Crippen LogP contribution >= 0.6 is 11.8 Å². The molecule has 1 heterocycles. The molecule has 3 heteroatoms. The molecule has 1 N–H and O–H groups in total. The molecule has 2 nitrogen and oxygen atoms in total. The molecule has 2 aromatic rings. The molecule has 3 rings (SSSR count). The van der Waals surface area contributed by atoms with Gasteiger partial charge in [0.15, 0.2) is 0 Å². The maximum Gasteiger partial charge on any atom is 0.0481 e. The van der Waals surface area contributed by atoms with Crippen molar-refractivity contribution in [1.82, 2.24) is 9.88 Å². The summed E-state index contributed by atoms with van der Waals surface area (Å²) in [4.78, 5) is 0. The Hall–Kier alpha value is -0.930. The fraction of sp³-hybridized carbons (Fsp3) is 0.529. The van der Waals surface area contributed by atoms with Crippen LogP contribution in [0.1, 0.15) is 31.2 Å². The van der Waals surface area contributed by atoms with Crippen molar-refractivity contribution in [3.05, 3.63) is 36.0 Å². The second kappa shape index (κ2) is 6.23. The molecule has 1 aromatic carbocycles. The fourth-order valence-corrected chi connectivity index (χ4v) is 4.19. The molecule has 1 aromatic heterocycles. The van der Waals surface area contributed by atoms with Gasteiger partial charge in [-0.05, 0) is 37.1 Å². The van der Waals surface area contributed by atoms with Gasteiger partial charge in [-0.2, -0.15) is 11.8 Å². The lowest BCUT2D eigenvalue weighted by atomic mass is 9.95. The first-order valence-corrected chi connectivity index (χ1v) is 8.86. The Balaban J connectivity index is 1.68. The minimum absolute atomic E-state index is 0.695. The zero-order chi connectivity index (χ0) is 13.9. The van der Waals surface area contributed by atoms with Gasteiger partial charge in [-0.3, -0.25) is 0 Å². The molecule has 2 unspecified atom stereocenters. The van der Waals surface area contributed by atoms with Crippen molar-refractivity contribution >= 4 is 22.7 Å². The first kappa shape index (κ1) is 14.0. The SMILES string of the molecule is CSC1CCCC(NCc2cn(C)c3ccccc23)C1. The van der Waals surface area contributed by atoms with E-state index in [1.807, 2.05) is 11.8 Å². The van der Waals surface area contributed by atoms with Crippen molar-refractivity contribution in [2.24, 2.45) is 7.05 Å². The van der Waals surface area contributed by atoms with Crippen LogP contribution in [0.4, 0.5) is 0 Å². The Morgan fingerprint density at radius 2 is 2.15 bits per heavy atom. The van der Waals surface area contributed by atoms with Gasteiger partial charge in [0.1, 0.15) is 0 Å². The van der Waals surface area contributed by atoms with Gasteiger partial charge in [0.05, 0.1) is 0 Å². The second-order valence-electron chi connectivity index (χ2n) is 5.88. The number of aromatic nitrogens is 1. The maximum atomic E-state index is 3.78.